The molecule has 0 aliphatic heterocycles. The summed E-state index contributed by atoms with van der Waals surface area (Å²) in [7, 11) is -2.30. The van der Waals surface area contributed by atoms with Crippen molar-refractivity contribution in [1.82, 2.24) is 4.72 Å². The molecule has 2 N–H and O–H groups in total. The highest BCUT2D eigenvalue weighted by molar-refractivity contribution is 7.89. The second kappa shape index (κ2) is 7.70. The zero-order valence-electron chi connectivity index (χ0n) is 15.7. The van der Waals surface area contributed by atoms with Gasteiger partial charge in [-0.3, -0.25) is 4.79 Å². The van der Waals surface area contributed by atoms with Crippen LogP contribution in [0.25, 0.3) is 0 Å². The van der Waals surface area contributed by atoms with Gasteiger partial charge in [-0.1, -0.05) is 29.8 Å². The summed E-state index contributed by atoms with van der Waals surface area (Å²) in [5.41, 5.74) is 2.42. The summed E-state index contributed by atoms with van der Waals surface area (Å²) in [4.78, 5) is 11.5. The van der Waals surface area contributed by atoms with Crippen LogP contribution in [-0.2, 0) is 14.8 Å². The van der Waals surface area contributed by atoms with Crippen molar-refractivity contribution in [1.29, 1.82) is 0 Å². The maximum Gasteiger partial charge on any atom is 0.241 e. The van der Waals surface area contributed by atoms with E-state index in [0.717, 1.165) is 24.0 Å². The monoisotopic (exact) mass is 388 g/mol. The maximum atomic E-state index is 13.0. The molecule has 1 aliphatic carbocycles. The van der Waals surface area contributed by atoms with E-state index in [1.807, 2.05) is 31.2 Å². The predicted molar refractivity (Wildman–Crippen MR) is 104 cm³/mol. The number of ether oxygens (including phenoxy) is 1. The Labute approximate surface area is 160 Å². The molecular weight excluding hydrogens is 364 g/mol. The van der Waals surface area contributed by atoms with Crippen molar-refractivity contribution in [3.63, 3.8) is 0 Å². The summed E-state index contributed by atoms with van der Waals surface area (Å²) in [6.45, 7) is 3.36. The molecule has 1 amide bonds. The van der Waals surface area contributed by atoms with Crippen LogP contribution in [0.1, 0.15) is 36.9 Å². The van der Waals surface area contributed by atoms with Crippen molar-refractivity contribution in [2.75, 3.05) is 12.4 Å². The van der Waals surface area contributed by atoms with Crippen LogP contribution in [0.15, 0.2) is 47.4 Å². The first kappa shape index (κ1) is 19.4. The lowest BCUT2D eigenvalue weighted by molar-refractivity contribution is -0.114. The van der Waals surface area contributed by atoms with Crippen LogP contribution >= 0.6 is 0 Å². The molecule has 3 rings (SSSR count). The molecule has 7 heteroatoms. The lowest BCUT2D eigenvalue weighted by atomic mass is 10.0. The van der Waals surface area contributed by atoms with E-state index in [0.29, 0.717) is 17.4 Å². The quantitative estimate of drug-likeness (QED) is 0.761. The molecule has 1 atom stereocenters. The van der Waals surface area contributed by atoms with Gasteiger partial charge in [0.2, 0.25) is 15.9 Å². The van der Waals surface area contributed by atoms with Gasteiger partial charge in [0.1, 0.15) is 5.75 Å². The smallest absolute Gasteiger partial charge is 0.241 e. The molecule has 0 spiro atoms. The largest absolute Gasteiger partial charge is 0.495 e. The Morgan fingerprint density at radius 2 is 1.81 bits per heavy atom. The van der Waals surface area contributed by atoms with Crippen molar-refractivity contribution in [3.05, 3.63) is 53.6 Å². The molecule has 2 aromatic carbocycles. The van der Waals surface area contributed by atoms with Crippen LogP contribution in [0.3, 0.4) is 0 Å². The molecule has 2 aromatic rings. The minimum atomic E-state index is -3.76. The number of carbonyl (C=O) groups excluding carboxylic acids is 1. The molecule has 0 unspecified atom stereocenters. The first-order valence-corrected chi connectivity index (χ1v) is 10.3. The van der Waals surface area contributed by atoms with Crippen molar-refractivity contribution >= 4 is 21.6 Å². The summed E-state index contributed by atoms with van der Waals surface area (Å²) in [6.07, 6.45) is 2.00. The number of aryl methyl sites for hydroxylation is 1. The van der Waals surface area contributed by atoms with Gasteiger partial charge in [0.15, 0.2) is 0 Å². The van der Waals surface area contributed by atoms with E-state index in [4.69, 9.17) is 4.74 Å². The predicted octanol–water partition coefficient (Wildman–Crippen LogP) is 3.39. The third kappa shape index (κ3) is 4.67. The fourth-order valence-corrected chi connectivity index (χ4v) is 4.34. The molecule has 27 heavy (non-hydrogen) atoms. The Balaban J connectivity index is 1.90. The highest BCUT2D eigenvalue weighted by Crippen LogP contribution is 2.42. The van der Waals surface area contributed by atoms with Gasteiger partial charge in [-0.05, 0) is 49.4 Å². The number of anilines is 1. The van der Waals surface area contributed by atoms with Gasteiger partial charge in [0.05, 0.1) is 17.7 Å². The second-order valence-corrected chi connectivity index (χ2v) is 8.60. The van der Waals surface area contributed by atoms with Gasteiger partial charge in [-0.15, -0.1) is 0 Å². The van der Waals surface area contributed by atoms with Gasteiger partial charge < -0.3 is 10.1 Å². The summed E-state index contributed by atoms with van der Waals surface area (Å²) >= 11 is 0. The van der Waals surface area contributed by atoms with E-state index in [-0.39, 0.29) is 16.8 Å². The SMILES string of the molecule is COc1ccc(S(=O)(=O)N[C@H](c2ccc(C)cc2)C2CC2)cc1NC(C)=O. The minimum absolute atomic E-state index is 0.0878. The van der Waals surface area contributed by atoms with Gasteiger partial charge in [0, 0.05) is 13.0 Å². The van der Waals surface area contributed by atoms with Crippen molar-refractivity contribution < 1.29 is 17.9 Å². The molecular formula is C20H24N2O4S. The first-order chi connectivity index (χ1) is 12.8. The van der Waals surface area contributed by atoms with Gasteiger partial charge >= 0.3 is 0 Å². The molecule has 0 aromatic heterocycles. The average molecular weight is 388 g/mol. The number of amides is 1. The van der Waals surface area contributed by atoms with Gasteiger partial charge in [-0.25, -0.2) is 13.1 Å². The summed E-state index contributed by atoms with van der Waals surface area (Å²) < 4.78 is 34.0. The Kier molecular flexibility index (Phi) is 5.53. The molecule has 144 valence electrons. The van der Waals surface area contributed by atoms with E-state index < -0.39 is 10.0 Å². The number of hydrogen-bond donors (Lipinski definition) is 2. The van der Waals surface area contributed by atoms with Crippen LogP contribution in [0, 0.1) is 12.8 Å². The lowest BCUT2D eigenvalue weighted by Gasteiger charge is -2.20. The van der Waals surface area contributed by atoms with Crippen LogP contribution in [0.4, 0.5) is 5.69 Å². The van der Waals surface area contributed by atoms with Crippen LogP contribution in [-0.4, -0.2) is 21.4 Å². The molecule has 0 heterocycles. The molecule has 1 aliphatic rings. The van der Waals surface area contributed by atoms with E-state index >= 15 is 0 Å². The van der Waals surface area contributed by atoms with E-state index in [9.17, 15) is 13.2 Å². The topological polar surface area (TPSA) is 84.5 Å². The highest BCUT2D eigenvalue weighted by atomic mass is 32.2. The zero-order chi connectivity index (χ0) is 19.6. The molecule has 6 nitrogen and oxygen atoms in total. The molecule has 0 radical (unpaired) electrons. The van der Waals surface area contributed by atoms with Crippen molar-refractivity contribution in [3.8, 4) is 5.75 Å². The summed E-state index contributed by atoms with van der Waals surface area (Å²) in [6, 6.07) is 12.1. The van der Waals surface area contributed by atoms with E-state index in [1.165, 1.54) is 32.2 Å². The fourth-order valence-electron chi connectivity index (χ4n) is 3.02. The Morgan fingerprint density at radius 3 is 2.37 bits per heavy atom. The molecule has 0 saturated heterocycles. The van der Waals surface area contributed by atoms with Gasteiger partial charge in [-0.2, -0.15) is 0 Å². The minimum Gasteiger partial charge on any atom is -0.495 e. The second-order valence-electron chi connectivity index (χ2n) is 6.89. The summed E-state index contributed by atoms with van der Waals surface area (Å²) in [5.74, 6) is 0.406. The fraction of sp³-hybridized carbons (Fsp3) is 0.350. The average Bonchev–Trinajstić information content (AvgIpc) is 3.45. The molecule has 1 fully saturated rings. The van der Waals surface area contributed by atoms with Crippen molar-refractivity contribution in [2.24, 2.45) is 5.92 Å². The number of benzene rings is 2. The Morgan fingerprint density at radius 1 is 1.15 bits per heavy atom. The third-order valence-corrected chi connectivity index (χ3v) is 6.04. The third-order valence-electron chi connectivity index (χ3n) is 4.60. The number of nitrogens with one attached hydrogen (secondary N) is 2. The van der Waals surface area contributed by atoms with Crippen LogP contribution < -0.4 is 14.8 Å². The Bertz CT molecular complexity index is 935. The van der Waals surface area contributed by atoms with E-state index in [2.05, 4.69) is 10.0 Å². The number of sulfonamides is 1. The molecule has 1 saturated carbocycles. The number of rotatable bonds is 7. The number of carbonyl (C=O) groups is 1. The first-order valence-electron chi connectivity index (χ1n) is 8.84. The lowest BCUT2D eigenvalue weighted by Crippen LogP contribution is -2.30. The zero-order valence-corrected chi connectivity index (χ0v) is 16.5. The summed E-state index contributed by atoms with van der Waals surface area (Å²) in [5, 5.41) is 2.61. The van der Waals surface area contributed by atoms with Crippen LogP contribution in [0.5, 0.6) is 5.75 Å². The van der Waals surface area contributed by atoms with E-state index in [1.54, 1.807) is 0 Å². The maximum absolute atomic E-state index is 13.0. The van der Waals surface area contributed by atoms with Crippen LogP contribution in [0.2, 0.25) is 0 Å². The highest BCUT2D eigenvalue weighted by Gasteiger charge is 2.35. The number of methoxy groups -OCH3 is 1. The number of hydrogen-bond acceptors (Lipinski definition) is 4. The molecule has 0 bridgehead atoms. The Hall–Kier alpha value is -2.38. The van der Waals surface area contributed by atoms with Crippen molar-refractivity contribution in [2.45, 2.75) is 37.6 Å². The van der Waals surface area contributed by atoms with Gasteiger partial charge in [0.25, 0.3) is 0 Å². The normalized spacial score (nSPS) is 15.2. The standard InChI is InChI=1S/C20H24N2O4S/c1-13-4-6-15(7-5-13)20(16-8-9-16)22-27(24,25)17-10-11-19(26-3)18(12-17)21-14(2)23/h4-7,10-12,16,20,22H,8-9H2,1-3H3,(H,21,23)/t20-/m1/s1.